The third-order valence-electron chi connectivity index (χ3n) is 3.39. The molecule has 18 heavy (non-hydrogen) atoms. The third kappa shape index (κ3) is 2.72. The van der Waals surface area contributed by atoms with Gasteiger partial charge in [-0.2, -0.15) is 5.10 Å². The zero-order chi connectivity index (χ0) is 13.4. The predicted molar refractivity (Wildman–Crippen MR) is 68.4 cm³/mol. The summed E-state index contributed by atoms with van der Waals surface area (Å²) in [6.07, 6.45) is 5.88. The number of carbonyl (C=O) groups is 1. The highest BCUT2D eigenvalue weighted by Crippen LogP contribution is 2.30. The van der Waals surface area contributed by atoms with Crippen molar-refractivity contribution in [3.8, 4) is 0 Å². The minimum absolute atomic E-state index is 0.134. The SMILES string of the molecule is CC(C)(C)n1cc(C(=O)NCC2(O)CCC2)cn1. The Morgan fingerprint density at radius 1 is 1.56 bits per heavy atom. The maximum atomic E-state index is 11.9. The average Bonchev–Trinajstić information content (AvgIpc) is 2.72. The number of aromatic nitrogens is 2. The average molecular weight is 251 g/mol. The first kappa shape index (κ1) is 13.1. The van der Waals surface area contributed by atoms with Crippen LogP contribution in [0.5, 0.6) is 0 Å². The van der Waals surface area contributed by atoms with Crippen LogP contribution in [-0.4, -0.2) is 32.9 Å². The van der Waals surface area contributed by atoms with Crippen molar-refractivity contribution in [1.29, 1.82) is 0 Å². The van der Waals surface area contributed by atoms with Crippen molar-refractivity contribution in [2.75, 3.05) is 6.54 Å². The van der Waals surface area contributed by atoms with Crippen molar-refractivity contribution in [3.05, 3.63) is 18.0 Å². The maximum absolute atomic E-state index is 11.9. The molecule has 1 amide bonds. The highest BCUT2D eigenvalue weighted by Gasteiger charge is 2.34. The van der Waals surface area contributed by atoms with E-state index in [1.165, 1.54) is 0 Å². The molecule has 2 N–H and O–H groups in total. The van der Waals surface area contributed by atoms with E-state index < -0.39 is 5.60 Å². The van der Waals surface area contributed by atoms with E-state index in [0.717, 1.165) is 19.3 Å². The number of aliphatic hydroxyl groups is 1. The van der Waals surface area contributed by atoms with Gasteiger partial charge in [-0.3, -0.25) is 9.48 Å². The van der Waals surface area contributed by atoms with Gasteiger partial charge in [0.1, 0.15) is 0 Å². The van der Waals surface area contributed by atoms with E-state index >= 15 is 0 Å². The van der Waals surface area contributed by atoms with Crippen molar-refractivity contribution in [2.45, 2.75) is 51.2 Å². The van der Waals surface area contributed by atoms with E-state index in [-0.39, 0.29) is 11.4 Å². The molecule has 5 nitrogen and oxygen atoms in total. The molecule has 1 aliphatic rings. The van der Waals surface area contributed by atoms with Crippen LogP contribution in [0, 0.1) is 0 Å². The van der Waals surface area contributed by atoms with E-state index in [1.54, 1.807) is 17.1 Å². The lowest BCUT2D eigenvalue weighted by Gasteiger charge is -2.36. The number of hydrogen-bond donors (Lipinski definition) is 2. The number of amides is 1. The van der Waals surface area contributed by atoms with Gasteiger partial charge in [0.15, 0.2) is 0 Å². The lowest BCUT2D eigenvalue weighted by molar-refractivity contribution is -0.0300. The minimum atomic E-state index is -0.685. The molecule has 0 saturated heterocycles. The van der Waals surface area contributed by atoms with Gasteiger partial charge in [0.2, 0.25) is 0 Å². The first-order valence-electron chi connectivity index (χ1n) is 6.36. The Labute approximate surface area is 107 Å². The van der Waals surface area contributed by atoms with Gasteiger partial charge < -0.3 is 10.4 Å². The van der Waals surface area contributed by atoms with Crippen LogP contribution in [-0.2, 0) is 5.54 Å². The Bertz CT molecular complexity index is 441. The predicted octanol–water partition coefficient (Wildman–Crippen LogP) is 1.28. The molecule has 0 unspecified atom stereocenters. The van der Waals surface area contributed by atoms with Crippen LogP contribution in [0.25, 0.3) is 0 Å². The molecule has 1 aliphatic carbocycles. The molecule has 0 spiro atoms. The summed E-state index contributed by atoms with van der Waals surface area (Å²) in [5.74, 6) is -0.175. The Balaban J connectivity index is 1.95. The van der Waals surface area contributed by atoms with Gasteiger partial charge in [0, 0.05) is 12.7 Å². The standard InChI is InChI=1S/C13H21N3O2/c1-12(2,3)16-8-10(7-15-16)11(17)14-9-13(18)5-4-6-13/h7-8,18H,4-6,9H2,1-3H3,(H,14,17). The smallest absolute Gasteiger partial charge is 0.254 e. The van der Waals surface area contributed by atoms with Crippen LogP contribution in [0.3, 0.4) is 0 Å². The fourth-order valence-corrected chi connectivity index (χ4v) is 1.92. The summed E-state index contributed by atoms with van der Waals surface area (Å²) in [7, 11) is 0. The van der Waals surface area contributed by atoms with E-state index in [0.29, 0.717) is 12.1 Å². The minimum Gasteiger partial charge on any atom is -0.388 e. The van der Waals surface area contributed by atoms with Crippen LogP contribution in [0.15, 0.2) is 12.4 Å². The van der Waals surface area contributed by atoms with Crippen molar-refractivity contribution in [2.24, 2.45) is 0 Å². The topological polar surface area (TPSA) is 67.2 Å². The van der Waals surface area contributed by atoms with Crippen LogP contribution >= 0.6 is 0 Å². The summed E-state index contributed by atoms with van der Waals surface area (Å²) < 4.78 is 1.76. The van der Waals surface area contributed by atoms with Gasteiger partial charge in [0.05, 0.1) is 22.9 Å². The molecule has 1 fully saturated rings. The second-order valence-electron chi connectivity index (χ2n) is 6.10. The lowest BCUT2D eigenvalue weighted by atomic mass is 9.80. The van der Waals surface area contributed by atoms with E-state index in [4.69, 9.17) is 0 Å². The summed E-state index contributed by atoms with van der Waals surface area (Å²) in [5, 5.41) is 16.8. The molecular formula is C13H21N3O2. The van der Waals surface area contributed by atoms with E-state index in [2.05, 4.69) is 10.4 Å². The Hall–Kier alpha value is -1.36. The van der Waals surface area contributed by atoms with E-state index in [1.807, 2.05) is 20.8 Å². The Kier molecular flexibility index (Phi) is 3.19. The largest absolute Gasteiger partial charge is 0.388 e. The molecule has 0 aromatic carbocycles. The molecule has 2 rings (SSSR count). The molecular weight excluding hydrogens is 230 g/mol. The van der Waals surface area contributed by atoms with Crippen LogP contribution in [0.1, 0.15) is 50.4 Å². The fraction of sp³-hybridized carbons (Fsp3) is 0.692. The normalized spacial score (nSPS) is 18.2. The van der Waals surface area contributed by atoms with Crippen LogP contribution in [0.4, 0.5) is 0 Å². The number of carbonyl (C=O) groups excluding carboxylic acids is 1. The van der Waals surface area contributed by atoms with Crippen molar-refractivity contribution in [3.63, 3.8) is 0 Å². The summed E-state index contributed by atoms with van der Waals surface area (Å²) in [6, 6.07) is 0. The number of hydrogen-bond acceptors (Lipinski definition) is 3. The summed E-state index contributed by atoms with van der Waals surface area (Å²) in [6.45, 7) is 6.41. The second-order valence-corrected chi connectivity index (χ2v) is 6.10. The molecule has 0 bridgehead atoms. The first-order valence-corrected chi connectivity index (χ1v) is 6.36. The summed E-state index contributed by atoms with van der Waals surface area (Å²) in [5.41, 5.74) is -0.284. The Morgan fingerprint density at radius 3 is 2.67 bits per heavy atom. The molecule has 0 aliphatic heterocycles. The second kappa shape index (κ2) is 4.39. The molecule has 1 aromatic rings. The van der Waals surface area contributed by atoms with Gasteiger partial charge in [-0.15, -0.1) is 0 Å². The number of rotatable bonds is 3. The first-order chi connectivity index (χ1) is 8.30. The fourth-order valence-electron chi connectivity index (χ4n) is 1.92. The van der Waals surface area contributed by atoms with Crippen molar-refractivity contribution < 1.29 is 9.90 Å². The zero-order valence-electron chi connectivity index (χ0n) is 11.2. The van der Waals surface area contributed by atoms with Crippen LogP contribution in [0.2, 0.25) is 0 Å². The summed E-state index contributed by atoms with van der Waals surface area (Å²) in [4.78, 5) is 11.9. The molecule has 100 valence electrons. The molecule has 1 saturated carbocycles. The lowest BCUT2D eigenvalue weighted by Crippen LogP contribution is -2.47. The third-order valence-corrected chi connectivity index (χ3v) is 3.39. The maximum Gasteiger partial charge on any atom is 0.254 e. The number of nitrogens with one attached hydrogen (secondary N) is 1. The highest BCUT2D eigenvalue weighted by atomic mass is 16.3. The Morgan fingerprint density at radius 2 is 2.22 bits per heavy atom. The van der Waals surface area contributed by atoms with Gasteiger partial charge in [-0.1, -0.05) is 0 Å². The molecule has 1 aromatic heterocycles. The van der Waals surface area contributed by atoms with Gasteiger partial charge >= 0.3 is 0 Å². The molecule has 0 atom stereocenters. The van der Waals surface area contributed by atoms with Gasteiger partial charge in [-0.25, -0.2) is 0 Å². The zero-order valence-corrected chi connectivity index (χ0v) is 11.2. The van der Waals surface area contributed by atoms with Crippen molar-refractivity contribution >= 4 is 5.91 Å². The van der Waals surface area contributed by atoms with Crippen molar-refractivity contribution in [1.82, 2.24) is 15.1 Å². The molecule has 0 radical (unpaired) electrons. The highest BCUT2D eigenvalue weighted by molar-refractivity contribution is 5.93. The van der Waals surface area contributed by atoms with Gasteiger partial charge in [-0.05, 0) is 40.0 Å². The van der Waals surface area contributed by atoms with Crippen LogP contribution < -0.4 is 5.32 Å². The molecule has 1 heterocycles. The van der Waals surface area contributed by atoms with E-state index in [9.17, 15) is 9.90 Å². The molecule has 5 heteroatoms. The monoisotopic (exact) mass is 251 g/mol. The van der Waals surface area contributed by atoms with Gasteiger partial charge in [0.25, 0.3) is 5.91 Å². The number of nitrogens with zero attached hydrogens (tertiary/aromatic N) is 2. The quantitative estimate of drug-likeness (QED) is 0.850. The summed E-state index contributed by atoms with van der Waals surface area (Å²) >= 11 is 0.